The van der Waals surface area contributed by atoms with Crippen LogP contribution in [0, 0.1) is 0 Å². The lowest BCUT2D eigenvalue weighted by Crippen LogP contribution is -2.28. The summed E-state index contributed by atoms with van der Waals surface area (Å²) in [5, 5.41) is 2.69. The Labute approximate surface area is 163 Å². The number of nitrogens with zero attached hydrogens (tertiary/aromatic N) is 2. The summed E-state index contributed by atoms with van der Waals surface area (Å²) in [7, 11) is 0. The predicted molar refractivity (Wildman–Crippen MR) is 114 cm³/mol. The molecule has 4 heteroatoms. The Morgan fingerprint density at radius 3 is 2.70 bits per heavy atom. The van der Waals surface area contributed by atoms with Gasteiger partial charge in [-0.1, -0.05) is 42.5 Å². The zero-order chi connectivity index (χ0) is 18.1. The van der Waals surface area contributed by atoms with Crippen molar-refractivity contribution in [3.63, 3.8) is 0 Å². The highest BCUT2D eigenvalue weighted by Crippen LogP contribution is 2.34. The number of rotatable bonds is 4. The second-order valence-electron chi connectivity index (χ2n) is 7.32. The summed E-state index contributed by atoms with van der Waals surface area (Å²) in [6, 6.07) is 17.1. The fraction of sp³-hybridized carbons (Fsp3) is 0.261. The normalized spacial score (nSPS) is 16.1. The first-order valence-electron chi connectivity index (χ1n) is 9.68. The van der Waals surface area contributed by atoms with Crippen molar-refractivity contribution >= 4 is 32.5 Å². The molecule has 2 aromatic heterocycles. The van der Waals surface area contributed by atoms with Gasteiger partial charge in [0.05, 0.1) is 10.4 Å². The Kier molecular flexibility index (Phi) is 4.42. The van der Waals surface area contributed by atoms with E-state index in [0.717, 1.165) is 19.5 Å². The molecule has 1 aliphatic heterocycles. The third kappa shape index (κ3) is 3.26. The number of hydrogen-bond acceptors (Lipinski definition) is 3. The first kappa shape index (κ1) is 16.6. The molecule has 0 bridgehead atoms. The number of nitrogens with one attached hydrogen (secondary N) is 1. The van der Waals surface area contributed by atoms with Crippen molar-refractivity contribution in [3.05, 3.63) is 78.3 Å². The van der Waals surface area contributed by atoms with E-state index in [-0.39, 0.29) is 0 Å². The maximum absolute atomic E-state index is 4.77. The number of aromatic amines is 1. The number of allylic oxidation sites excluding steroid dienone is 1. The summed E-state index contributed by atoms with van der Waals surface area (Å²) < 4.78 is 6.08. The van der Waals surface area contributed by atoms with Crippen LogP contribution < -0.4 is 0 Å². The van der Waals surface area contributed by atoms with Crippen molar-refractivity contribution in [2.45, 2.75) is 25.2 Å². The highest BCUT2D eigenvalue weighted by molar-refractivity contribution is 7.13. The van der Waals surface area contributed by atoms with Crippen LogP contribution in [0.2, 0.25) is 0 Å². The van der Waals surface area contributed by atoms with Crippen LogP contribution in [-0.2, 0) is 6.42 Å². The molecule has 0 aliphatic carbocycles. The van der Waals surface area contributed by atoms with Crippen LogP contribution >= 0.6 is 11.5 Å². The molecule has 1 N–H and O–H groups in total. The number of fused-ring (bicyclic) bond motifs is 2. The molecule has 27 heavy (non-hydrogen) atoms. The van der Waals surface area contributed by atoms with E-state index in [0.29, 0.717) is 5.92 Å². The second-order valence-corrected chi connectivity index (χ2v) is 8.13. The maximum Gasteiger partial charge on any atom is 0.0653 e. The van der Waals surface area contributed by atoms with E-state index in [1.165, 1.54) is 45.1 Å². The lowest BCUT2D eigenvalue weighted by molar-refractivity contribution is 0.283. The Morgan fingerprint density at radius 1 is 1.04 bits per heavy atom. The number of para-hydroxylation sites is 1. The molecule has 0 saturated carbocycles. The largest absolute Gasteiger partial charge is 0.378 e. The predicted octanol–water partition coefficient (Wildman–Crippen LogP) is 5.71. The third-order valence-electron chi connectivity index (χ3n) is 5.65. The van der Waals surface area contributed by atoms with Crippen molar-refractivity contribution in [2.75, 3.05) is 13.1 Å². The van der Waals surface area contributed by atoms with E-state index in [2.05, 4.69) is 76.9 Å². The molecule has 3 nitrogen and oxygen atoms in total. The molecular weight excluding hydrogens is 350 g/mol. The molecule has 136 valence electrons. The summed E-state index contributed by atoms with van der Waals surface area (Å²) >= 11 is 1.64. The molecule has 1 fully saturated rings. The molecule has 1 aliphatic rings. The van der Waals surface area contributed by atoms with Gasteiger partial charge in [0.1, 0.15) is 0 Å². The number of piperidine rings is 1. The Balaban J connectivity index is 1.21. The van der Waals surface area contributed by atoms with Crippen molar-refractivity contribution in [1.82, 2.24) is 14.3 Å². The molecule has 3 heterocycles. The summed E-state index contributed by atoms with van der Waals surface area (Å²) in [6.45, 7) is 2.22. The molecule has 0 unspecified atom stereocenters. The van der Waals surface area contributed by atoms with Gasteiger partial charge in [-0.3, -0.25) is 0 Å². The van der Waals surface area contributed by atoms with Gasteiger partial charge in [0, 0.05) is 41.5 Å². The summed E-state index contributed by atoms with van der Waals surface area (Å²) in [4.78, 5) is 5.82. The first-order chi connectivity index (χ1) is 13.4. The Morgan fingerprint density at radius 2 is 1.81 bits per heavy atom. The van der Waals surface area contributed by atoms with Crippen LogP contribution in [0.4, 0.5) is 0 Å². The minimum Gasteiger partial charge on any atom is -0.378 e. The Bertz CT molecular complexity index is 1080. The lowest BCUT2D eigenvalue weighted by atomic mass is 9.92. The molecule has 0 radical (unpaired) electrons. The molecular formula is C23H23N3S. The molecule has 0 amide bonds. The molecule has 0 atom stereocenters. The smallest absolute Gasteiger partial charge is 0.0653 e. The minimum absolute atomic E-state index is 0.597. The second kappa shape index (κ2) is 7.20. The van der Waals surface area contributed by atoms with Gasteiger partial charge in [-0.25, -0.2) is 0 Å². The molecule has 1 saturated heterocycles. The number of benzene rings is 2. The SMILES string of the molecule is C(=CN1CCC(c2nsc3ccccc23)CC1)Cc1c[nH]c2ccccc12. The first-order valence-corrected chi connectivity index (χ1v) is 10.5. The van der Waals surface area contributed by atoms with Gasteiger partial charge in [0.2, 0.25) is 0 Å². The van der Waals surface area contributed by atoms with Crippen molar-refractivity contribution in [2.24, 2.45) is 0 Å². The molecule has 4 aromatic rings. The molecule has 0 spiro atoms. The standard InChI is InChI=1S/C23H23N3S/c1-3-9-21-19(7-1)18(16-24-21)6-5-13-26-14-11-17(12-15-26)23-20-8-2-4-10-22(20)27-25-23/h1-5,7-10,13,16-17,24H,6,11-12,14-15H2. The van der Waals surface area contributed by atoms with Gasteiger partial charge < -0.3 is 9.88 Å². The van der Waals surface area contributed by atoms with Crippen molar-refractivity contribution < 1.29 is 0 Å². The summed E-state index contributed by atoms with van der Waals surface area (Å²) in [6.07, 6.45) is 10.1. The van der Waals surface area contributed by atoms with Gasteiger partial charge in [-0.15, -0.1) is 0 Å². The molecule has 2 aromatic carbocycles. The number of hydrogen-bond donors (Lipinski definition) is 1. The van der Waals surface area contributed by atoms with Crippen LogP contribution in [0.3, 0.4) is 0 Å². The zero-order valence-electron chi connectivity index (χ0n) is 15.3. The Hall–Kier alpha value is -2.59. The minimum atomic E-state index is 0.597. The monoisotopic (exact) mass is 373 g/mol. The van der Waals surface area contributed by atoms with Crippen LogP contribution in [0.5, 0.6) is 0 Å². The van der Waals surface area contributed by atoms with Gasteiger partial charge in [-0.2, -0.15) is 4.37 Å². The average molecular weight is 374 g/mol. The van der Waals surface area contributed by atoms with Gasteiger partial charge in [0.25, 0.3) is 0 Å². The fourth-order valence-electron chi connectivity index (χ4n) is 4.15. The van der Waals surface area contributed by atoms with E-state index in [4.69, 9.17) is 4.37 Å². The summed E-state index contributed by atoms with van der Waals surface area (Å²) in [5.41, 5.74) is 3.90. The van der Waals surface area contributed by atoms with Crippen molar-refractivity contribution in [3.8, 4) is 0 Å². The number of H-pyrrole nitrogens is 1. The summed E-state index contributed by atoms with van der Waals surface area (Å²) in [5.74, 6) is 0.597. The van der Waals surface area contributed by atoms with E-state index >= 15 is 0 Å². The van der Waals surface area contributed by atoms with Crippen LogP contribution in [0.25, 0.3) is 21.0 Å². The molecule has 5 rings (SSSR count). The maximum atomic E-state index is 4.77. The van der Waals surface area contributed by atoms with Crippen LogP contribution in [-0.4, -0.2) is 27.3 Å². The van der Waals surface area contributed by atoms with E-state index in [1.54, 1.807) is 11.5 Å². The number of likely N-dealkylation sites (tertiary alicyclic amines) is 1. The van der Waals surface area contributed by atoms with Gasteiger partial charge in [0.15, 0.2) is 0 Å². The highest BCUT2D eigenvalue weighted by Gasteiger charge is 2.22. The van der Waals surface area contributed by atoms with Gasteiger partial charge >= 0.3 is 0 Å². The van der Waals surface area contributed by atoms with E-state index in [1.807, 2.05) is 0 Å². The third-order valence-corrected chi connectivity index (χ3v) is 6.49. The average Bonchev–Trinajstić information content (AvgIpc) is 3.33. The lowest BCUT2D eigenvalue weighted by Gasteiger charge is -2.30. The van der Waals surface area contributed by atoms with Gasteiger partial charge in [-0.05, 0) is 54.7 Å². The number of aromatic nitrogens is 2. The highest BCUT2D eigenvalue weighted by atomic mass is 32.1. The topological polar surface area (TPSA) is 31.9 Å². The zero-order valence-corrected chi connectivity index (χ0v) is 16.1. The van der Waals surface area contributed by atoms with Crippen LogP contribution in [0.1, 0.15) is 30.0 Å². The fourth-order valence-corrected chi connectivity index (χ4v) is 5.01. The van der Waals surface area contributed by atoms with E-state index in [9.17, 15) is 0 Å². The van der Waals surface area contributed by atoms with Crippen molar-refractivity contribution in [1.29, 1.82) is 0 Å². The van der Waals surface area contributed by atoms with E-state index < -0.39 is 0 Å². The quantitative estimate of drug-likeness (QED) is 0.496. The van der Waals surface area contributed by atoms with Crippen LogP contribution in [0.15, 0.2) is 67.0 Å².